The maximum absolute atomic E-state index is 9.04. The van der Waals surface area contributed by atoms with Crippen molar-refractivity contribution in [3.05, 3.63) is 35.4 Å². The lowest BCUT2D eigenvalue weighted by atomic mass is 9.94. The number of nitriles is 1. The van der Waals surface area contributed by atoms with E-state index in [0.717, 1.165) is 22.9 Å². The number of benzene rings is 1. The molecule has 0 aliphatic heterocycles. The molecule has 2 nitrogen and oxygen atoms in total. The molecule has 0 amide bonds. The van der Waals surface area contributed by atoms with E-state index < -0.39 is 0 Å². The number of rotatable bonds is 4. The zero-order chi connectivity index (χ0) is 12.8. The summed E-state index contributed by atoms with van der Waals surface area (Å²) in [5.74, 6) is 0. The van der Waals surface area contributed by atoms with Crippen LogP contribution in [-0.2, 0) is 6.54 Å². The second kappa shape index (κ2) is 6.82. The van der Waals surface area contributed by atoms with Crippen LogP contribution >= 0.6 is 11.8 Å². The zero-order valence-corrected chi connectivity index (χ0v) is 11.7. The van der Waals surface area contributed by atoms with E-state index in [9.17, 15) is 0 Å². The van der Waals surface area contributed by atoms with Gasteiger partial charge in [-0.05, 0) is 43.6 Å². The molecule has 3 heteroatoms. The molecular weight excluding hydrogens is 240 g/mol. The summed E-state index contributed by atoms with van der Waals surface area (Å²) in [7, 11) is 0. The average molecular weight is 260 g/mol. The van der Waals surface area contributed by atoms with Gasteiger partial charge < -0.3 is 5.32 Å². The summed E-state index contributed by atoms with van der Waals surface area (Å²) >= 11 is 2.00. The van der Waals surface area contributed by atoms with E-state index >= 15 is 0 Å². The SMILES string of the molecule is CSC1CCC(NCc2ccccc2C#N)CC1. The summed E-state index contributed by atoms with van der Waals surface area (Å²) in [4.78, 5) is 0. The molecule has 1 aromatic carbocycles. The van der Waals surface area contributed by atoms with Crippen LogP contribution in [0.25, 0.3) is 0 Å². The highest BCUT2D eigenvalue weighted by Crippen LogP contribution is 2.27. The quantitative estimate of drug-likeness (QED) is 0.902. The molecular formula is C15H20N2S. The molecule has 0 aromatic heterocycles. The first kappa shape index (κ1) is 13.5. The fourth-order valence-electron chi connectivity index (χ4n) is 2.54. The van der Waals surface area contributed by atoms with Crippen LogP contribution in [0.4, 0.5) is 0 Å². The molecule has 0 heterocycles. The lowest BCUT2D eigenvalue weighted by Crippen LogP contribution is -2.33. The second-order valence-corrected chi connectivity index (χ2v) is 6.00. The Kier molecular flexibility index (Phi) is 5.10. The molecule has 2 rings (SSSR count). The smallest absolute Gasteiger partial charge is 0.0995 e. The van der Waals surface area contributed by atoms with Crippen molar-refractivity contribution in [3.8, 4) is 6.07 Å². The minimum absolute atomic E-state index is 0.625. The number of hydrogen-bond acceptors (Lipinski definition) is 3. The van der Waals surface area contributed by atoms with Crippen LogP contribution in [0.3, 0.4) is 0 Å². The summed E-state index contributed by atoms with van der Waals surface area (Å²) in [5.41, 5.74) is 1.91. The van der Waals surface area contributed by atoms with Crippen molar-refractivity contribution >= 4 is 11.8 Å². The van der Waals surface area contributed by atoms with Gasteiger partial charge in [0.05, 0.1) is 11.6 Å². The van der Waals surface area contributed by atoms with Crippen molar-refractivity contribution in [2.75, 3.05) is 6.26 Å². The Hall–Kier alpha value is -0.980. The molecule has 1 N–H and O–H groups in total. The topological polar surface area (TPSA) is 35.8 Å². The lowest BCUT2D eigenvalue weighted by molar-refractivity contribution is 0.379. The highest BCUT2D eigenvalue weighted by atomic mass is 32.2. The van der Waals surface area contributed by atoms with Crippen LogP contribution in [0.15, 0.2) is 24.3 Å². The summed E-state index contributed by atoms with van der Waals surface area (Å²) in [6, 6.07) is 10.7. The minimum atomic E-state index is 0.625. The van der Waals surface area contributed by atoms with Gasteiger partial charge in [-0.15, -0.1) is 0 Å². The first-order valence-electron chi connectivity index (χ1n) is 6.57. The summed E-state index contributed by atoms with van der Waals surface area (Å²) in [6.07, 6.45) is 7.37. The first-order chi connectivity index (χ1) is 8.83. The van der Waals surface area contributed by atoms with Gasteiger partial charge in [0.15, 0.2) is 0 Å². The van der Waals surface area contributed by atoms with E-state index in [2.05, 4.69) is 17.6 Å². The Morgan fingerprint density at radius 2 is 2.00 bits per heavy atom. The second-order valence-electron chi connectivity index (χ2n) is 4.86. The molecule has 0 atom stereocenters. The zero-order valence-electron chi connectivity index (χ0n) is 10.9. The molecule has 0 saturated heterocycles. The largest absolute Gasteiger partial charge is 0.310 e. The summed E-state index contributed by atoms with van der Waals surface area (Å²) in [6.45, 7) is 0.818. The Bertz CT molecular complexity index is 417. The lowest BCUT2D eigenvalue weighted by Gasteiger charge is -2.28. The summed E-state index contributed by atoms with van der Waals surface area (Å²) in [5, 5.41) is 13.5. The molecule has 1 aliphatic rings. The van der Waals surface area contributed by atoms with Crippen LogP contribution in [0.2, 0.25) is 0 Å². The van der Waals surface area contributed by atoms with E-state index in [1.807, 2.05) is 36.0 Å². The minimum Gasteiger partial charge on any atom is -0.310 e. The predicted octanol–water partition coefficient (Wildman–Crippen LogP) is 3.32. The molecule has 1 aliphatic carbocycles. The van der Waals surface area contributed by atoms with Crippen molar-refractivity contribution in [1.29, 1.82) is 5.26 Å². The van der Waals surface area contributed by atoms with Crippen molar-refractivity contribution in [2.24, 2.45) is 0 Å². The molecule has 18 heavy (non-hydrogen) atoms. The van der Waals surface area contributed by atoms with Crippen molar-refractivity contribution in [3.63, 3.8) is 0 Å². The molecule has 1 saturated carbocycles. The van der Waals surface area contributed by atoms with Crippen molar-refractivity contribution in [1.82, 2.24) is 5.32 Å². The number of nitrogens with one attached hydrogen (secondary N) is 1. The maximum atomic E-state index is 9.04. The van der Waals surface area contributed by atoms with E-state index in [-0.39, 0.29) is 0 Å². The number of hydrogen-bond donors (Lipinski definition) is 1. The molecule has 96 valence electrons. The fourth-order valence-corrected chi connectivity index (χ4v) is 3.28. The van der Waals surface area contributed by atoms with Crippen molar-refractivity contribution in [2.45, 2.75) is 43.5 Å². The Balaban J connectivity index is 1.84. The highest BCUT2D eigenvalue weighted by molar-refractivity contribution is 7.99. The van der Waals surface area contributed by atoms with Gasteiger partial charge >= 0.3 is 0 Å². The average Bonchev–Trinajstić information content (AvgIpc) is 2.46. The predicted molar refractivity (Wildman–Crippen MR) is 77.6 cm³/mol. The molecule has 0 bridgehead atoms. The van der Waals surface area contributed by atoms with Gasteiger partial charge in [0.1, 0.15) is 0 Å². The standard InChI is InChI=1S/C15H20N2S/c1-18-15-8-6-14(7-9-15)17-11-13-5-3-2-4-12(13)10-16/h2-5,14-15,17H,6-9,11H2,1H3. The normalized spacial score (nSPS) is 23.6. The highest BCUT2D eigenvalue weighted by Gasteiger charge is 2.19. The van der Waals surface area contributed by atoms with Crippen LogP contribution < -0.4 is 5.32 Å². The molecule has 0 unspecified atom stereocenters. The van der Waals surface area contributed by atoms with Crippen LogP contribution in [0.5, 0.6) is 0 Å². The van der Waals surface area contributed by atoms with Gasteiger partial charge in [-0.3, -0.25) is 0 Å². The molecule has 0 radical (unpaired) electrons. The van der Waals surface area contributed by atoms with Gasteiger partial charge in [0, 0.05) is 17.8 Å². The third-order valence-electron chi connectivity index (χ3n) is 3.73. The van der Waals surface area contributed by atoms with Crippen LogP contribution in [-0.4, -0.2) is 17.5 Å². The van der Waals surface area contributed by atoms with E-state index in [4.69, 9.17) is 5.26 Å². The van der Waals surface area contributed by atoms with Crippen LogP contribution in [0, 0.1) is 11.3 Å². The van der Waals surface area contributed by atoms with E-state index in [0.29, 0.717) is 6.04 Å². The maximum Gasteiger partial charge on any atom is 0.0995 e. The van der Waals surface area contributed by atoms with E-state index in [1.165, 1.54) is 25.7 Å². The van der Waals surface area contributed by atoms with Crippen molar-refractivity contribution < 1.29 is 0 Å². The number of nitrogens with zero attached hydrogens (tertiary/aromatic N) is 1. The van der Waals surface area contributed by atoms with Crippen LogP contribution in [0.1, 0.15) is 36.8 Å². The summed E-state index contributed by atoms with van der Waals surface area (Å²) < 4.78 is 0. The Morgan fingerprint density at radius 1 is 1.28 bits per heavy atom. The number of thioether (sulfide) groups is 1. The van der Waals surface area contributed by atoms with Gasteiger partial charge in [-0.25, -0.2) is 0 Å². The first-order valence-corrected chi connectivity index (χ1v) is 7.86. The van der Waals surface area contributed by atoms with Gasteiger partial charge in [-0.1, -0.05) is 18.2 Å². The molecule has 1 aromatic rings. The monoisotopic (exact) mass is 260 g/mol. The van der Waals surface area contributed by atoms with E-state index in [1.54, 1.807) is 0 Å². The van der Waals surface area contributed by atoms with Gasteiger partial charge in [0.25, 0.3) is 0 Å². The molecule has 0 spiro atoms. The third kappa shape index (κ3) is 3.51. The molecule has 1 fully saturated rings. The Morgan fingerprint density at radius 3 is 2.67 bits per heavy atom. The van der Waals surface area contributed by atoms with Gasteiger partial charge in [-0.2, -0.15) is 17.0 Å². The fraction of sp³-hybridized carbons (Fsp3) is 0.533. The Labute approximate surface area is 114 Å². The third-order valence-corrected chi connectivity index (χ3v) is 4.86. The van der Waals surface area contributed by atoms with Gasteiger partial charge in [0.2, 0.25) is 0 Å².